The van der Waals surface area contributed by atoms with E-state index in [2.05, 4.69) is 20.6 Å². The van der Waals surface area contributed by atoms with Crippen LogP contribution in [0.5, 0.6) is 5.75 Å². The number of carbonyl (C=O) groups is 2. The maximum absolute atomic E-state index is 12.7. The van der Waals surface area contributed by atoms with Crippen LogP contribution < -0.4 is 20.2 Å². The second-order valence-electron chi connectivity index (χ2n) is 8.80. The van der Waals surface area contributed by atoms with Gasteiger partial charge in [0, 0.05) is 10.7 Å². The number of nitrogens with zero attached hydrogens (tertiary/aromatic N) is 1. The van der Waals surface area contributed by atoms with Crippen LogP contribution >= 0.6 is 11.6 Å². The van der Waals surface area contributed by atoms with E-state index >= 15 is 0 Å². The van der Waals surface area contributed by atoms with Crippen LogP contribution in [0.25, 0.3) is 0 Å². The van der Waals surface area contributed by atoms with Gasteiger partial charge in [-0.15, -0.1) is 0 Å². The molecule has 0 spiro atoms. The molecule has 0 saturated carbocycles. The van der Waals surface area contributed by atoms with Gasteiger partial charge in [-0.2, -0.15) is 9.82 Å². The molecule has 3 N–H and O–H groups in total. The lowest BCUT2D eigenvalue weighted by atomic mass is 10.1. The van der Waals surface area contributed by atoms with Crippen LogP contribution in [0.3, 0.4) is 0 Å². The van der Waals surface area contributed by atoms with Crippen molar-refractivity contribution in [3.63, 3.8) is 0 Å². The average molecular weight is 557 g/mol. The molecule has 200 valence electrons. The summed E-state index contributed by atoms with van der Waals surface area (Å²) >= 11 is 5.83. The van der Waals surface area contributed by atoms with Gasteiger partial charge in [-0.1, -0.05) is 43.1 Å². The number of carbonyl (C=O) groups excluding carboxylic acids is 2. The molecule has 0 saturated heterocycles. The first-order valence-corrected chi connectivity index (χ1v) is 13.6. The number of amides is 2. The van der Waals surface area contributed by atoms with Gasteiger partial charge in [0.1, 0.15) is 11.8 Å². The summed E-state index contributed by atoms with van der Waals surface area (Å²) in [5.74, 6) is -0.751. The molecule has 3 aromatic carbocycles. The number of halogens is 1. The number of hydrogen-bond donors (Lipinski definition) is 3. The smallest absolute Gasteiger partial charge is 0.262 e. The van der Waals surface area contributed by atoms with Crippen LogP contribution in [-0.4, -0.2) is 39.1 Å². The second kappa shape index (κ2) is 13.2. The van der Waals surface area contributed by atoms with Crippen molar-refractivity contribution in [1.82, 2.24) is 10.1 Å². The molecular weight excluding hydrogens is 528 g/mol. The van der Waals surface area contributed by atoms with E-state index in [1.54, 1.807) is 74.5 Å². The van der Waals surface area contributed by atoms with Crippen LogP contribution in [0, 0.1) is 12.8 Å². The summed E-state index contributed by atoms with van der Waals surface area (Å²) in [6.45, 7) is 5.15. The molecule has 3 rings (SSSR count). The molecule has 0 unspecified atom stereocenters. The Morgan fingerprint density at radius 3 is 2.21 bits per heavy atom. The predicted octanol–water partition coefficient (Wildman–Crippen LogP) is 4.12. The fourth-order valence-corrected chi connectivity index (χ4v) is 4.68. The summed E-state index contributed by atoms with van der Waals surface area (Å²) in [5, 5.41) is 7.22. The number of ether oxygens (including phenoxy) is 1. The highest BCUT2D eigenvalue weighted by Crippen LogP contribution is 2.15. The first-order valence-electron chi connectivity index (χ1n) is 11.7. The van der Waals surface area contributed by atoms with Crippen molar-refractivity contribution in [2.75, 3.05) is 11.9 Å². The zero-order valence-electron chi connectivity index (χ0n) is 21.1. The van der Waals surface area contributed by atoms with Crippen molar-refractivity contribution in [2.24, 2.45) is 11.0 Å². The molecule has 11 heteroatoms. The molecule has 0 radical (unpaired) electrons. The maximum Gasteiger partial charge on any atom is 0.262 e. The van der Waals surface area contributed by atoms with Crippen LogP contribution in [-0.2, 0) is 19.6 Å². The number of nitrogens with one attached hydrogen (secondary N) is 3. The van der Waals surface area contributed by atoms with Crippen molar-refractivity contribution < 1.29 is 22.7 Å². The van der Waals surface area contributed by atoms with E-state index in [1.807, 2.05) is 6.92 Å². The molecule has 0 heterocycles. The van der Waals surface area contributed by atoms with Crippen molar-refractivity contribution in [1.29, 1.82) is 0 Å². The van der Waals surface area contributed by atoms with Crippen LogP contribution in [0.15, 0.2) is 82.8 Å². The summed E-state index contributed by atoms with van der Waals surface area (Å²) < 4.78 is 33.4. The van der Waals surface area contributed by atoms with E-state index in [-0.39, 0.29) is 23.3 Å². The summed E-state index contributed by atoms with van der Waals surface area (Å²) in [4.78, 5) is 24.8. The van der Waals surface area contributed by atoms with E-state index in [1.165, 1.54) is 18.3 Å². The fraction of sp³-hybridized carbons (Fsp3) is 0.222. The summed E-state index contributed by atoms with van der Waals surface area (Å²) in [6, 6.07) is 18.8. The van der Waals surface area contributed by atoms with Crippen molar-refractivity contribution in [3.05, 3.63) is 88.9 Å². The SMILES string of the molecule is Cc1ccc(S(=O)(=O)N[C@H](C(=O)N/N=C\c2ccc(OCC(=O)Nc3ccc(Cl)cc3)cc2)C(C)C)cc1. The highest BCUT2D eigenvalue weighted by molar-refractivity contribution is 7.89. The Hall–Kier alpha value is -3.73. The topological polar surface area (TPSA) is 126 Å². The van der Waals surface area contributed by atoms with Gasteiger partial charge in [0.05, 0.1) is 11.1 Å². The number of sulfonamides is 1. The molecule has 9 nitrogen and oxygen atoms in total. The average Bonchev–Trinajstić information content (AvgIpc) is 2.88. The highest BCUT2D eigenvalue weighted by Gasteiger charge is 2.28. The normalized spacial score (nSPS) is 12.3. The van der Waals surface area contributed by atoms with Gasteiger partial charge in [0.15, 0.2) is 6.61 Å². The lowest BCUT2D eigenvalue weighted by Crippen LogP contribution is -2.48. The Balaban J connectivity index is 1.51. The van der Waals surface area contributed by atoms with Gasteiger partial charge in [-0.05, 0) is 79.1 Å². The van der Waals surface area contributed by atoms with Gasteiger partial charge in [0.25, 0.3) is 11.8 Å². The Morgan fingerprint density at radius 1 is 0.974 bits per heavy atom. The first-order chi connectivity index (χ1) is 18.0. The third-order valence-corrected chi connectivity index (χ3v) is 7.04. The molecule has 38 heavy (non-hydrogen) atoms. The summed E-state index contributed by atoms with van der Waals surface area (Å²) in [6.07, 6.45) is 1.42. The predicted molar refractivity (Wildman–Crippen MR) is 148 cm³/mol. The molecule has 0 aliphatic heterocycles. The Labute approximate surface area is 227 Å². The van der Waals surface area contributed by atoms with Crippen molar-refractivity contribution in [3.8, 4) is 5.75 Å². The fourth-order valence-electron chi connectivity index (χ4n) is 3.21. The van der Waals surface area contributed by atoms with E-state index in [9.17, 15) is 18.0 Å². The van der Waals surface area contributed by atoms with E-state index in [0.717, 1.165) is 5.56 Å². The number of hydrogen-bond acceptors (Lipinski definition) is 6. The molecular formula is C27H29ClN4O5S. The maximum atomic E-state index is 12.7. The second-order valence-corrected chi connectivity index (χ2v) is 11.0. The van der Waals surface area contributed by atoms with Crippen molar-refractivity contribution >= 4 is 45.3 Å². The third-order valence-electron chi connectivity index (χ3n) is 5.33. The lowest BCUT2D eigenvalue weighted by Gasteiger charge is -2.20. The Kier molecular flexibility index (Phi) is 10.0. The van der Waals surface area contributed by atoms with Gasteiger partial charge < -0.3 is 10.1 Å². The molecule has 2 amide bonds. The van der Waals surface area contributed by atoms with Crippen LogP contribution in [0.1, 0.15) is 25.0 Å². The number of rotatable bonds is 11. The van der Waals surface area contributed by atoms with Gasteiger partial charge in [-0.3, -0.25) is 9.59 Å². The molecule has 1 atom stereocenters. The summed E-state index contributed by atoms with van der Waals surface area (Å²) in [7, 11) is -3.89. The van der Waals surface area contributed by atoms with E-state index < -0.39 is 22.0 Å². The Morgan fingerprint density at radius 2 is 1.61 bits per heavy atom. The number of hydrazone groups is 1. The number of anilines is 1. The van der Waals surface area contributed by atoms with Gasteiger partial charge in [-0.25, -0.2) is 13.8 Å². The largest absolute Gasteiger partial charge is 0.484 e. The van der Waals surface area contributed by atoms with Gasteiger partial charge in [0.2, 0.25) is 10.0 Å². The zero-order chi connectivity index (χ0) is 27.7. The first kappa shape index (κ1) is 28.8. The highest BCUT2D eigenvalue weighted by atomic mass is 35.5. The quantitative estimate of drug-likeness (QED) is 0.242. The molecule has 3 aromatic rings. The summed E-state index contributed by atoms with van der Waals surface area (Å²) in [5.41, 5.74) is 4.58. The monoisotopic (exact) mass is 556 g/mol. The van der Waals surface area contributed by atoms with Crippen LogP contribution in [0.4, 0.5) is 5.69 Å². The van der Waals surface area contributed by atoms with E-state index in [4.69, 9.17) is 16.3 Å². The molecule has 0 aliphatic carbocycles. The molecule has 0 fully saturated rings. The van der Waals surface area contributed by atoms with Crippen molar-refractivity contribution in [2.45, 2.75) is 31.7 Å². The van der Waals surface area contributed by atoms with Gasteiger partial charge >= 0.3 is 0 Å². The zero-order valence-corrected chi connectivity index (χ0v) is 22.7. The van der Waals surface area contributed by atoms with E-state index in [0.29, 0.717) is 22.0 Å². The molecule has 0 aliphatic rings. The minimum Gasteiger partial charge on any atom is -0.484 e. The minimum absolute atomic E-state index is 0.0785. The molecule has 0 aromatic heterocycles. The Bertz CT molecular complexity index is 1370. The van der Waals surface area contributed by atoms with Crippen LogP contribution in [0.2, 0.25) is 5.02 Å². The lowest BCUT2D eigenvalue weighted by molar-refractivity contribution is -0.123. The number of benzene rings is 3. The third kappa shape index (κ3) is 8.69. The minimum atomic E-state index is -3.89. The standard InChI is InChI=1S/C27H29ClN4O5S/c1-18(2)26(32-38(35,36)24-14-4-19(3)5-15-24)27(34)31-29-16-20-6-12-23(13-7-20)37-17-25(33)30-22-10-8-21(28)9-11-22/h4-16,18,26,32H,17H2,1-3H3,(H,30,33)(H,31,34)/b29-16-/t26-/m0/s1. The number of aryl methyl sites for hydroxylation is 1. The molecule has 0 bridgehead atoms.